The third-order valence-corrected chi connectivity index (χ3v) is 6.03. The quantitative estimate of drug-likeness (QED) is 0.558. The van der Waals surface area contributed by atoms with Crippen molar-refractivity contribution < 1.29 is 28.8 Å². The number of aliphatic hydroxyl groups is 3. The molecule has 1 aliphatic heterocycles. The van der Waals surface area contributed by atoms with Crippen molar-refractivity contribution in [1.29, 1.82) is 0 Å². The molecule has 1 saturated heterocycles. The Morgan fingerprint density at radius 1 is 1.16 bits per heavy atom. The van der Waals surface area contributed by atoms with Crippen LogP contribution < -0.4 is 0 Å². The Bertz CT molecular complexity index is 1160. The number of aromatic nitrogens is 3. The van der Waals surface area contributed by atoms with Crippen LogP contribution in [0.3, 0.4) is 0 Å². The summed E-state index contributed by atoms with van der Waals surface area (Å²) in [5.41, 5.74) is 2.39. The Kier molecular flexibility index (Phi) is 6.09. The first kappa shape index (κ1) is 22.5. The van der Waals surface area contributed by atoms with E-state index in [-0.39, 0.29) is 5.57 Å². The van der Waals surface area contributed by atoms with Crippen molar-refractivity contribution in [3.8, 4) is 0 Å². The van der Waals surface area contributed by atoms with Crippen molar-refractivity contribution in [2.24, 2.45) is 0 Å². The van der Waals surface area contributed by atoms with Gasteiger partial charge in [0.15, 0.2) is 6.23 Å². The van der Waals surface area contributed by atoms with Gasteiger partial charge in [-0.15, -0.1) is 0 Å². The highest BCUT2D eigenvalue weighted by Crippen LogP contribution is 2.38. The third-order valence-electron chi connectivity index (χ3n) is 6.03. The molecule has 0 radical (unpaired) electrons. The molecule has 0 unspecified atom stereocenters. The van der Waals surface area contributed by atoms with Crippen molar-refractivity contribution in [3.05, 3.63) is 65.2 Å². The first-order valence-corrected chi connectivity index (χ1v) is 10.3. The maximum Gasteiger partial charge on any atom is 0.264 e. The summed E-state index contributed by atoms with van der Waals surface area (Å²) in [4.78, 5) is 8.38. The lowest BCUT2D eigenvalue weighted by Crippen LogP contribution is -2.34. The molecule has 0 spiro atoms. The molecule has 170 valence electrons. The van der Waals surface area contributed by atoms with Gasteiger partial charge in [0.05, 0.1) is 5.69 Å². The largest absolute Gasteiger partial charge is 0.387 e. The number of alkyl halides is 2. The van der Waals surface area contributed by atoms with Gasteiger partial charge in [-0.25, -0.2) is 18.7 Å². The maximum atomic E-state index is 13.4. The van der Waals surface area contributed by atoms with Crippen LogP contribution in [0.15, 0.2) is 42.9 Å². The smallest absolute Gasteiger partial charge is 0.264 e. The van der Waals surface area contributed by atoms with Crippen molar-refractivity contribution in [2.45, 2.75) is 57.8 Å². The lowest BCUT2D eigenvalue weighted by atomic mass is 9.93. The van der Waals surface area contributed by atoms with Crippen molar-refractivity contribution in [3.63, 3.8) is 0 Å². The molecule has 5 atom stereocenters. The van der Waals surface area contributed by atoms with E-state index in [0.717, 1.165) is 11.1 Å². The van der Waals surface area contributed by atoms with Gasteiger partial charge in [-0.1, -0.05) is 18.2 Å². The summed E-state index contributed by atoms with van der Waals surface area (Å²) in [6.07, 6.45) is -4.52. The summed E-state index contributed by atoms with van der Waals surface area (Å²) in [7, 11) is 0. The fourth-order valence-electron chi connectivity index (χ4n) is 4.20. The van der Waals surface area contributed by atoms with E-state index in [9.17, 15) is 24.1 Å². The second-order valence-electron chi connectivity index (χ2n) is 7.96. The van der Waals surface area contributed by atoms with Gasteiger partial charge >= 0.3 is 0 Å². The summed E-state index contributed by atoms with van der Waals surface area (Å²) in [6, 6.07) is 6.48. The van der Waals surface area contributed by atoms with Gasteiger partial charge in [-0.3, -0.25) is 0 Å². The van der Waals surface area contributed by atoms with Crippen LogP contribution in [0.1, 0.15) is 41.6 Å². The maximum absolute atomic E-state index is 13.4. The Morgan fingerprint density at radius 3 is 2.59 bits per heavy atom. The highest BCUT2D eigenvalue weighted by atomic mass is 19.3. The molecule has 32 heavy (non-hydrogen) atoms. The van der Waals surface area contributed by atoms with Crippen LogP contribution in [0, 0.1) is 13.8 Å². The zero-order valence-electron chi connectivity index (χ0n) is 17.9. The first-order valence-electron chi connectivity index (χ1n) is 10.3. The second kappa shape index (κ2) is 8.67. The van der Waals surface area contributed by atoms with Crippen LogP contribution in [0.2, 0.25) is 0 Å². The van der Waals surface area contributed by atoms with Crippen LogP contribution in [-0.2, 0) is 4.74 Å². The highest BCUT2D eigenvalue weighted by Gasteiger charge is 2.47. The molecular formula is C23H25F2N3O4. The van der Waals surface area contributed by atoms with E-state index in [1.165, 1.54) is 25.4 Å². The molecule has 3 heterocycles. The molecule has 4 rings (SSSR count). The standard InChI is InChI=1S/C23H25F2N3O4/c1-4-14(21(24)25)16-9-13(6-5-11(16)2)17(29)20-18(30)19(31)23(32-20)28-8-7-15-12(3)26-10-27-22(15)28/h4-10,17-21,23,29-31H,1-3H3/b14-4+/t17-,18+,19-,20-,23-/m1/s1. The number of benzene rings is 1. The van der Waals surface area contributed by atoms with Gasteiger partial charge in [0.25, 0.3) is 6.43 Å². The lowest BCUT2D eigenvalue weighted by molar-refractivity contribution is -0.0848. The van der Waals surface area contributed by atoms with E-state index < -0.39 is 37.1 Å². The predicted octanol–water partition coefficient (Wildman–Crippen LogP) is 3.07. The number of hydrogen-bond acceptors (Lipinski definition) is 6. The van der Waals surface area contributed by atoms with Crippen LogP contribution in [-0.4, -0.2) is 54.6 Å². The summed E-state index contributed by atoms with van der Waals surface area (Å²) in [5.74, 6) is 0. The first-order chi connectivity index (χ1) is 15.2. The molecule has 3 aromatic rings. The summed E-state index contributed by atoms with van der Waals surface area (Å²) >= 11 is 0. The normalized spacial score (nSPS) is 25.1. The van der Waals surface area contributed by atoms with E-state index in [1.54, 1.807) is 35.9 Å². The Morgan fingerprint density at radius 2 is 1.91 bits per heavy atom. The topological polar surface area (TPSA) is 101 Å². The molecule has 0 saturated carbocycles. The van der Waals surface area contributed by atoms with Crippen LogP contribution >= 0.6 is 0 Å². The summed E-state index contributed by atoms with van der Waals surface area (Å²) in [6.45, 7) is 5.07. The average Bonchev–Trinajstić information content (AvgIpc) is 3.31. The van der Waals surface area contributed by atoms with Crippen molar-refractivity contribution >= 4 is 16.6 Å². The molecule has 0 amide bonds. The molecule has 2 aromatic heterocycles. The van der Waals surface area contributed by atoms with Gasteiger partial charge in [-0.05, 0) is 49.6 Å². The molecule has 0 aliphatic carbocycles. The molecule has 1 aliphatic rings. The number of nitrogens with zero attached hydrogens (tertiary/aromatic N) is 3. The molecular weight excluding hydrogens is 420 g/mol. The molecule has 1 fully saturated rings. The number of halogens is 2. The van der Waals surface area contributed by atoms with Crippen LogP contribution in [0.4, 0.5) is 8.78 Å². The van der Waals surface area contributed by atoms with Gasteiger partial charge in [-0.2, -0.15) is 0 Å². The monoisotopic (exact) mass is 445 g/mol. The number of aryl methyl sites for hydroxylation is 2. The zero-order chi connectivity index (χ0) is 23.2. The minimum absolute atomic E-state index is 0.142. The van der Waals surface area contributed by atoms with Gasteiger partial charge in [0.1, 0.15) is 36.4 Å². The van der Waals surface area contributed by atoms with E-state index in [2.05, 4.69) is 9.97 Å². The number of allylic oxidation sites excluding steroid dienone is 2. The minimum atomic E-state index is -2.67. The second-order valence-corrected chi connectivity index (χ2v) is 7.96. The lowest BCUT2D eigenvalue weighted by Gasteiger charge is -2.23. The van der Waals surface area contributed by atoms with Gasteiger partial charge < -0.3 is 24.6 Å². The van der Waals surface area contributed by atoms with E-state index in [0.29, 0.717) is 22.3 Å². The molecule has 7 nitrogen and oxygen atoms in total. The Labute approximate surface area is 183 Å². The summed E-state index contributed by atoms with van der Waals surface area (Å²) in [5, 5.41) is 33.0. The molecule has 9 heteroatoms. The fraction of sp³-hybridized carbons (Fsp3) is 0.391. The minimum Gasteiger partial charge on any atom is -0.387 e. The SMILES string of the molecule is C/C=C(\c1cc([C@@H](O)[C@H]2O[C@@H](n3ccc4c(C)ncnc43)[C@H](O)[C@@H]2O)ccc1C)C(F)F. The third kappa shape index (κ3) is 3.71. The Hall–Kier alpha value is -2.72. The number of rotatable bonds is 5. The van der Waals surface area contributed by atoms with Crippen molar-refractivity contribution in [2.75, 3.05) is 0 Å². The highest BCUT2D eigenvalue weighted by molar-refractivity contribution is 5.78. The van der Waals surface area contributed by atoms with Crippen molar-refractivity contribution in [1.82, 2.24) is 14.5 Å². The predicted molar refractivity (Wildman–Crippen MR) is 114 cm³/mol. The van der Waals surface area contributed by atoms with E-state index in [4.69, 9.17) is 4.74 Å². The van der Waals surface area contributed by atoms with Gasteiger partial charge in [0.2, 0.25) is 0 Å². The Balaban J connectivity index is 1.65. The van der Waals surface area contributed by atoms with E-state index >= 15 is 0 Å². The molecule has 3 N–H and O–H groups in total. The average molecular weight is 445 g/mol. The molecule has 0 bridgehead atoms. The van der Waals surface area contributed by atoms with Crippen LogP contribution in [0.25, 0.3) is 16.6 Å². The summed E-state index contributed by atoms with van der Waals surface area (Å²) < 4.78 is 34.3. The fourth-order valence-corrected chi connectivity index (χ4v) is 4.20. The number of fused-ring (bicyclic) bond motifs is 1. The number of ether oxygens (including phenoxy) is 1. The van der Waals surface area contributed by atoms with Crippen LogP contribution in [0.5, 0.6) is 0 Å². The number of hydrogen-bond donors (Lipinski definition) is 3. The van der Waals surface area contributed by atoms with E-state index in [1.807, 2.05) is 6.92 Å². The zero-order valence-corrected chi connectivity index (χ0v) is 17.9. The molecule has 1 aromatic carbocycles. The number of aliphatic hydroxyl groups excluding tert-OH is 3. The van der Waals surface area contributed by atoms with Gasteiger partial charge in [0, 0.05) is 17.2 Å².